The molecule has 110 valence electrons. The normalized spacial score (nSPS) is 12.5. The number of nitrogens with zero attached hydrogens (tertiary/aromatic N) is 1. The highest BCUT2D eigenvalue weighted by atomic mass is 16.5. The van der Waals surface area contributed by atoms with Crippen molar-refractivity contribution in [2.24, 2.45) is 0 Å². The van der Waals surface area contributed by atoms with Gasteiger partial charge in [0, 0.05) is 12.5 Å². The van der Waals surface area contributed by atoms with Crippen LogP contribution in [0.3, 0.4) is 0 Å². The fraction of sp³-hybridized carbons (Fsp3) is 0.588. The Balaban J connectivity index is 2.57. The van der Waals surface area contributed by atoms with Crippen molar-refractivity contribution in [1.82, 2.24) is 5.32 Å². The van der Waals surface area contributed by atoms with Gasteiger partial charge in [0.15, 0.2) is 0 Å². The van der Waals surface area contributed by atoms with Crippen LogP contribution in [0.25, 0.3) is 0 Å². The van der Waals surface area contributed by atoms with E-state index in [1.165, 1.54) is 5.56 Å². The van der Waals surface area contributed by atoms with Gasteiger partial charge < -0.3 is 4.74 Å². The lowest BCUT2D eigenvalue weighted by Gasteiger charge is -2.16. The molecule has 0 aliphatic heterocycles. The summed E-state index contributed by atoms with van der Waals surface area (Å²) in [6.45, 7) is 11.0. The van der Waals surface area contributed by atoms with E-state index in [1.807, 2.05) is 20.8 Å². The van der Waals surface area contributed by atoms with Gasteiger partial charge in [-0.15, -0.1) is 0 Å². The number of rotatable bonds is 7. The van der Waals surface area contributed by atoms with Crippen LogP contribution in [-0.2, 0) is 0 Å². The quantitative estimate of drug-likeness (QED) is 0.823. The van der Waals surface area contributed by atoms with Crippen LogP contribution in [0, 0.1) is 18.3 Å². The summed E-state index contributed by atoms with van der Waals surface area (Å²) in [5.74, 6) is 1.42. The Morgan fingerprint density at radius 3 is 2.50 bits per heavy atom. The summed E-state index contributed by atoms with van der Waals surface area (Å²) < 4.78 is 5.85. The molecule has 1 unspecified atom stereocenters. The zero-order chi connectivity index (χ0) is 15.1. The SMILES string of the molecule is Cc1ccc(C(C)C)cc1OCCC(C#N)NC(C)C. The summed E-state index contributed by atoms with van der Waals surface area (Å²) in [6.07, 6.45) is 0.694. The van der Waals surface area contributed by atoms with Gasteiger partial charge in [-0.3, -0.25) is 5.32 Å². The van der Waals surface area contributed by atoms with E-state index in [2.05, 4.69) is 43.4 Å². The standard InChI is InChI=1S/C17H26N2O/c1-12(2)15-7-6-14(5)17(10-15)20-9-8-16(11-18)19-13(3)4/h6-7,10,12-13,16,19H,8-9H2,1-5H3. The van der Waals surface area contributed by atoms with Gasteiger partial charge in [-0.2, -0.15) is 5.26 Å². The van der Waals surface area contributed by atoms with Crippen LogP contribution in [0.1, 0.15) is 51.2 Å². The highest BCUT2D eigenvalue weighted by molar-refractivity contribution is 5.37. The molecular weight excluding hydrogens is 248 g/mol. The molecule has 3 nitrogen and oxygen atoms in total. The number of nitrogens with one attached hydrogen (secondary N) is 1. The molecule has 1 aromatic rings. The third-order valence-corrected chi connectivity index (χ3v) is 3.23. The molecule has 1 aromatic carbocycles. The molecule has 3 heteroatoms. The second kappa shape index (κ2) is 7.91. The Hall–Kier alpha value is -1.53. The zero-order valence-electron chi connectivity index (χ0n) is 13.2. The summed E-state index contributed by atoms with van der Waals surface area (Å²) in [7, 11) is 0. The van der Waals surface area contributed by atoms with Crippen molar-refractivity contribution < 1.29 is 4.74 Å². The minimum Gasteiger partial charge on any atom is -0.493 e. The summed E-state index contributed by atoms with van der Waals surface area (Å²) >= 11 is 0. The number of nitriles is 1. The molecule has 0 aliphatic carbocycles. The molecule has 0 spiro atoms. The van der Waals surface area contributed by atoms with E-state index >= 15 is 0 Å². The van der Waals surface area contributed by atoms with E-state index in [-0.39, 0.29) is 6.04 Å². The number of benzene rings is 1. The smallest absolute Gasteiger partial charge is 0.122 e. The summed E-state index contributed by atoms with van der Waals surface area (Å²) in [6, 6.07) is 8.78. The first-order chi connectivity index (χ1) is 9.43. The van der Waals surface area contributed by atoms with Crippen LogP contribution in [-0.4, -0.2) is 18.7 Å². The van der Waals surface area contributed by atoms with Crippen molar-refractivity contribution in [1.29, 1.82) is 5.26 Å². The van der Waals surface area contributed by atoms with Crippen molar-refractivity contribution in [3.63, 3.8) is 0 Å². The fourth-order valence-corrected chi connectivity index (χ4v) is 2.01. The van der Waals surface area contributed by atoms with Crippen molar-refractivity contribution in [2.75, 3.05) is 6.61 Å². The fourth-order valence-electron chi connectivity index (χ4n) is 2.01. The van der Waals surface area contributed by atoms with Gasteiger partial charge in [-0.05, 0) is 43.9 Å². The Bertz CT molecular complexity index is 461. The van der Waals surface area contributed by atoms with E-state index in [9.17, 15) is 0 Å². The molecule has 0 bridgehead atoms. The van der Waals surface area contributed by atoms with Gasteiger partial charge in [0.05, 0.1) is 18.7 Å². The van der Waals surface area contributed by atoms with Crippen LogP contribution >= 0.6 is 0 Å². The maximum absolute atomic E-state index is 9.08. The van der Waals surface area contributed by atoms with Gasteiger partial charge in [-0.1, -0.05) is 26.0 Å². The molecule has 0 saturated carbocycles. The van der Waals surface area contributed by atoms with E-state index in [0.29, 0.717) is 25.0 Å². The lowest BCUT2D eigenvalue weighted by Crippen LogP contribution is -2.34. The van der Waals surface area contributed by atoms with Crippen LogP contribution in [0.5, 0.6) is 5.75 Å². The highest BCUT2D eigenvalue weighted by Gasteiger charge is 2.10. The molecule has 0 heterocycles. The minimum absolute atomic E-state index is 0.149. The molecule has 0 aliphatic rings. The maximum Gasteiger partial charge on any atom is 0.122 e. The molecule has 20 heavy (non-hydrogen) atoms. The Kier molecular flexibility index (Phi) is 6.54. The topological polar surface area (TPSA) is 45.0 Å². The first-order valence-electron chi connectivity index (χ1n) is 7.33. The van der Waals surface area contributed by atoms with E-state index in [0.717, 1.165) is 11.3 Å². The van der Waals surface area contributed by atoms with Gasteiger partial charge in [0.25, 0.3) is 0 Å². The van der Waals surface area contributed by atoms with Gasteiger partial charge >= 0.3 is 0 Å². The Morgan fingerprint density at radius 1 is 1.25 bits per heavy atom. The van der Waals surface area contributed by atoms with Crippen molar-refractivity contribution in [2.45, 2.75) is 59.0 Å². The number of ether oxygens (including phenoxy) is 1. The average Bonchev–Trinajstić information content (AvgIpc) is 2.38. The predicted molar refractivity (Wildman–Crippen MR) is 83.1 cm³/mol. The molecule has 0 amide bonds. The Labute approximate surface area is 123 Å². The lowest BCUT2D eigenvalue weighted by atomic mass is 10.0. The minimum atomic E-state index is -0.149. The second-order valence-corrected chi connectivity index (χ2v) is 5.82. The average molecular weight is 274 g/mol. The van der Waals surface area contributed by atoms with Gasteiger partial charge in [0.1, 0.15) is 5.75 Å². The van der Waals surface area contributed by atoms with Crippen molar-refractivity contribution >= 4 is 0 Å². The Morgan fingerprint density at radius 2 is 1.95 bits per heavy atom. The molecular formula is C17H26N2O. The highest BCUT2D eigenvalue weighted by Crippen LogP contribution is 2.24. The summed E-state index contributed by atoms with van der Waals surface area (Å²) in [5.41, 5.74) is 2.42. The largest absolute Gasteiger partial charge is 0.493 e. The molecule has 0 fully saturated rings. The second-order valence-electron chi connectivity index (χ2n) is 5.82. The van der Waals surface area contributed by atoms with Crippen molar-refractivity contribution in [3.05, 3.63) is 29.3 Å². The monoisotopic (exact) mass is 274 g/mol. The first kappa shape index (κ1) is 16.5. The number of hydrogen-bond acceptors (Lipinski definition) is 3. The molecule has 1 N–H and O–H groups in total. The molecule has 1 atom stereocenters. The van der Waals surface area contributed by atoms with E-state index in [1.54, 1.807) is 0 Å². The number of hydrogen-bond donors (Lipinski definition) is 1. The maximum atomic E-state index is 9.08. The molecule has 0 aromatic heterocycles. The zero-order valence-corrected chi connectivity index (χ0v) is 13.2. The summed E-state index contributed by atoms with van der Waals surface area (Å²) in [5, 5.41) is 12.3. The third-order valence-electron chi connectivity index (χ3n) is 3.23. The lowest BCUT2D eigenvalue weighted by molar-refractivity contribution is 0.292. The van der Waals surface area contributed by atoms with Gasteiger partial charge in [-0.25, -0.2) is 0 Å². The third kappa shape index (κ3) is 5.22. The van der Waals surface area contributed by atoms with Crippen molar-refractivity contribution in [3.8, 4) is 11.8 Å². The predicted octanol–water partition coefficient (Wildman–Crippen LogP) is 3.78. The molecule has 0 saturated heterocycles. The van der Waals surface area contributed by atoms with E-state index < -0.39 is 0 Å². The van der Waals surface area contributed by atoms with Crippen LogP contribution < -0.4 is 10.1 Å². The van der Waals surface area contributed by atoms with Crippen LogP contribution in [0.2, 0.25) is 0 Å². The van der Waals surface area contributed by atoms with Gasteiger partial charge in [0.2, 0.25) is 0 Å². The van der Waals surface area contributed by atoms with E-state index in [4.69, 9.17) is 10.00 Å². The summed E-state index contributed by atoms with van der Waals surface area (Å²) in [4.78, 5) is 0. The number of aryl methyl sites for hydroxylation is 1. The first-order valence-corrected chi connectivity index (χ1v) is 7.33. The van der Waals surface area contributed by atoms with Crippen LogP contribution in [0.4, 0.5) is 0 Å². The molecule has 1 rings (SSSR count). The van der Waals surface area contributed by atoms with Crippen LogP contribution in [0.15, 0.2) is 18.2 Å². The molecule has 0 radical (unpaired) electrons.